The highest BCUT2D eigenvalue weighted by molar-refractivity contribution is 7.26. The van der Waals surface area contributed by atoms with E-state index in [0.717, 1.165) is 20.1 Å². The van der Waals surface area contributed by atoms with Crippen molar-refractivity contribution in [2.24, 2.45) is 0 Å². The first-order chi connectivity index (χ1) is 11.6. The Morgan fingerprint density at radius 3 is 2.62 bits per heavy atom. The van der Waals surface area contributed by atoms with Crippen molar-refractivity contribution < 1.29 is 9.90 Å². The number of halogens is 1. The molecule has 0 amide bonds. The highest BCUT2D eigenvalue weighted by Crippen LogP contribution is 2.41. The van der Waals surface area contributed by atoms with E-state index in [1.165, 1.54) is 27.4 Å². The molecule has 0 radical (unpaired) electrons. The van der Waals surface area contributed by atoms with Gasteiger partial charge in [0.2, 0.25) is 0 Å². The Balaban J connectivity index is 1.84. The van der Waals surface area contributed by atoms with Crippen LogP contribution in [0, 0.1) is 0 Å². The fourth-order valence-electron chi connectivity index (χ4n) is 2.43. The van der Waals surface area contributed by atoms with E-state index >= 15 is 0 Å². The maximum absolute atomic E-state index is 11.1. The lowest BCUT2D eigenvalue weighted by atomic mass is 10.2. The van der Waals surface area contributed by atoms with Crippen LogP contribution in [-0.2, 0) is 11.2 Å². The maximum atomic E-state index is 11.1. The molecule has 1 aromatic carbocycles. The number of aliphatic carboxylic acids is 1. The number of hydrogen-bond acceptors (Lipinski definition) is 6. The third-order valence-corrected chi connectivity index (χ3v) is 7.02. The van der Waals surface area contributed by atoms with Crippen LogP contribution >= 0.6 is 45.6 Å². The lowest BCUT2D eigenvalue weighted by Gasteiger charge is -2.00. The maximum Gasteiger partial charge on any atom is 0.134 e. The van der Waals surface area contributed by atoms with Crippen LogP contribution in [0.5, 0.6) is 0 Å². The molecule has 3 nitrogen and oxygen atoms in total. The van der Waals surface area contributed by atoms with Gasteiger partial charge in [0.25, 0.3) is 0 Å². The van der Waals surface area contributed by atoms with Crippen molar-refractivity contribution in [2.45, 2.75) is 6.42 Å². The lowest BCUT2D eigenvalue weighted by molar-refractivity contribution is -0.304. The number of rotatable bonds is 4. The van der Waals surface area contributed by atoms with Gasteiger partial charge in [-0.2, -0.15) is 0 Å². The molecule has 4 aromatic rings. The van der Waals surface area contributed by atoms with Gasteiger partial charge in [0, 0.05) is 22.0 Å². The summed E-state index contributed by atoms with van der Waals surface area (Å²) in [5.41, 5.74) is 0.688. The second-order valence-corrected chi connectivity index (χ2v) is 8.97. The number of thiazole rings is 1. The zero-order chi connectivity index (χ0) is 16.7. The highest BCUT2D eigenvalue weighted by Gasteiger charge is 2.17. The Bertz CT molecular complexity index is 1010. The largest absolute Gasteiger partial charge is 0.550 e. The number of aromatic nitrogens is 1. The monoisotopic (exact) mass is 390 g/mol. The summed E-state index contributed by atoms with van der Waals surface area (Å²) >= 11 is 10.5. The predicted octanol–water partition coefficient (Wildman–Crippen LogP) is 4.70. The number of benzene rings is 1. The van der Waals surface area contributed by atoms with E-state index in [-0.39, 0.29) is 6.42 Å². The fourth-order valence-corrected chi connectivity index (χ4v) is 5.72. The van der Waals surface area contributed by atoms with Crippen LogP contribution in [0.15, 0.2) is 42.5 Å². The van der Waals surface area contributed by atoms with Gasteiger partial charge in [-0.15, -0.1) is 34.0 Å². The van der Waals surface area contributed by atoms with E-state index in [0.29, 0.717) is 14.9 Å². The minimum atomic E-state index is -1.11. The van der Waals surface area contributed by atoms with Gasteiger partial charge >= 0.3 is 0 Å². The molecule has 0 saturated carbocycles. The van der Waals surface area contributed by atoms with Crippen molar-refractivity contribution >= 4 is 61.7 Å². The minimum Gasteiger partial charge on any atom is -0.550 e. The van der Waals surface area contributed by atoms with Crippen molar-refractivity contribution in [3.63, 3.8) is 0 Å². The molecule has 0 aliphatic rings. The Morgan fingerprint density at radius 2 is 1.92 bits per heavy atom. The molecular formula is C17H9ClNO2S3-. The normalized spacial score (nSPS) is 11.2. The summed E-state index contributed by atoms with van der Waals surface area (Å²) in [5.74, 6) is -1.11. The quantitative estimate of drug-likeness (QED) is 0.507. The number of carboxylic acids is 1. The SMILES string of the molecule is O=C([O-])Cc1sc(-c2cc3ccccc3s2)nc1-c1ccc(Cl)s1. The molecule has 0 bridgehead atoms. The summed E-state index contributed by atoms with van der Waals surface area (Å²) in [7, 11) is 0. The average molecular weight is 391 g/mol. The van der Waals surface area contributed by atoms with Crippen LogP contribution in [-0.4, -0.2) is 11.0 Å². The molecule has 3 heterocycles. The average Bonchev–Trinajstić information content (AvgIpc) is 3.23. The van der Waals surface area contributed by atoms with Crippen molar-refractivity contribution in [1.82, 2.24) is 4.98 Å². The van der Waals surface area contributed by atoms with Crippen LogP contribution in [0.1, 0.15) is 4.88 Å². The molecule has 0 fully saturated rings. The number of nitrogens with zero attached hydrogens (tertiary/aromatic N) is 1. The molecule has 0 aliphatic heterocycles. The number of thiophene rings is 2. The molecule has 0 aliphatic carbocycles. The van der Waals surface area contributed by atoms with E-state index in [1.54, 1.807) is 17.4 Å². The lowest BCUT2D eigenvalue weighted by Crippen LogP contribution is -2.24. The molecule has 24 heavy (non-hydrogen) atoms. The molecule has 0 spiro atoms. The van der Waals surface area contributed by atoms with E-state index in [1.807, 2.05) is 18.2 Å². The van der Waals surface area contributed by atoms with Crippen LogP contribution in [0.4, 0.5) is 0 Å². The Labute approximate surface area is 154 Å². The standard InChI is InChI=1S/C17H10ClNO2S3/c18-14-6-5-11(23-14)16-12(8-15(20)21)24-17(19-16)13-7-9-3-1-2-4-10(9)22-13/h1-7H,8H2,(H,20,21)/p-1. The second-order valence-electron chi connectivity index (χ2n) is 5.09. The smallest absolute Gasteiger partial charge is 0.134 e. The number of carboxylic acid groups (broad SMARTS) is 1. The summed E-state index contributed by atoms with van der Waals surface area (Å²) in [5, 5.41) is 13.1. The summed E-state index contributed by atoms with van der Waals surface area (Å²) in [6.45, 7) is 0. The molecule has 7 heteroatoms. The Hall–Kier alpha value is -1.73. The highest BCUT2D eigenvalue weighted by atomic mass is 35.5. The first-order valence-electron chi connectivity index (χ1n) is 7.04. The van der Waals surface area contributed by atoms with Gasteiger partial charge in [0.1, 0.15) is 5.01 Å². The summed E-state index contributed by atoms with van der Waals surface area (Å²) in [6.07, 6.45) is -0.145. The molecular weight excluding hydrogens is 382 g/mol. The summed E-state index contributed by atoms with van der Waals surface area (Å²) < 4.78 is 1.84. The van der Waals surface area contributed by atoms with Crippen LogP contribution in [0.2, 0.25) is 4.34 Å². The van der Waals surface area contributed by atoms with Gasteiger partial charge in [-0.3, -0.25) is 0 Å². The van der Waals surface area contributed by atoms with E-state index in [4.69, 9.17) is 16.6 Å². The van der Waals surface area contributed by atoms with Gasteiger partial charge in [0.15, 0.2) is 0 Å². The molecule has 4 rings (SSSR count). The molecule has 3 aromatic heterocycles. The van der Waals surface area contributed by atoms with Crippen LogP contribution in [0.3, 0.4) is 0 Å². The third kappa shape index (κ3) is 2.98. The van der Waals surface area contributed by atoms with Crippen LogP contribution < -0.4 is 5.11 Å². The number of carbonyl (C=O) groups is 1. The van der Waals surface area contributed by atoms with Crippen molar-refractivity contribution in [3.05, 3.63) is 51.7 Å². The number of carbonyl (C=O) groups excluding carboxylic acids is 1. The Morgan fingerprint density at radius 1 is 1.08 bits per heavy atom. The van der Waals surface area contributed by atoms with Crippen molar-refractivity contribution in [3.8, 4) is 20.5 Å². The molecule has 0 unspecified atom stereocenters. The molecule has 0 atom stereocenters. The number of fused-ring (bicyclic) bond motifs is 1. The first-order valence-corrected chi connectivity index (χ1v) is 9.87. The van der Waals surface area contributed by atoms with E-state index < -0.39 is 5.97 Å². The zero-order valence-corrected chi connectivity index (χ0v) is 15.3. The first kappa shape index (κ1) is 15.8. The van der Waals surface area contributed by atoms with E-state index in [9.17, 15) is 9.90 Å². The predicted molar refractivity (Wildman–Crippen MR) is 100.0 cm³/mol. The fraction of sp³-hybridized carbons (Fsp3) is 0.0588. The molecule has 120 valence electrons. The van der Waals surface area contributed by atoms with Gasteiger partial charge in [-0.05, 0) is 29.7 Å². The van der Waals surface area contributed by atoms with Crippen molar-refractivity contribution in [2.75, 3.05) is 0 Å². The topological polar surface area (TPSA) is 53.0 Å². The van der Waals surface area contributed by atoms with Gasteiger partial charge in [-0.1, -0.05) is 29.8 Å². The van der Waals surface area contributed by atoms with Gasteiger partial charge in [0.05, 0.1) is 19.8 Å². The second kappa shape index (κ2) is 6.29. The zero-order valence-electron chi connectivity index (χ0n) is 12.1. The third-order valence-electron chi connectivity index (χ3n) is 3.45. The summed E-state index contributed by atoms with van der Waals surface area (Å²) in [4.78, 5) is 18.4. The van der Waals surface area contributed by atoms with Crippen molar-refractivity contribution in [1.29, 1.82) is 0 Å². The Kier molecular flexibility index (Phi) is 4.14. The molecule has 0 saturated heterocycles. The van der Waals surface area contributed by atoms with Gasteiger partial charge in [-0.25, -0.2) is 4.98 Å². The minimum absolute atomic E-state index is 0.145. The number of hydrogen-bond donors (Lipinski definition) is 0. The van der Waals surface area contributed by atoms with E-state index in [2.05, 4.69) is 18.2 Å². The van der Waals surface area contributed by atoms with Crippen LogP contribution in [0.25, 0.3) is 30.5 Å². The summed E-state index contributed by atoms with van der Waals surface area (Å²) in [6, 6.07) is 13.9. The molecule has 0 N–H and O–H groups in total. The van der Waals surface area contributed by atoms with Gasteiger partial charge < -0.3 is 9.90 Å².